The van der Waals surface area contributed by atoms with Crippen molar-refractivity contribution in [2.24, 2.45) is 0 Å². The van der Waals surface area contributed by atoms with E-state index >= 15 is 0 Å². The smallest absolute Gasteiger partial charge is 0.236 e. The van der Waals surface area contributed by atoms with E-state index in [9.17, 15) is 13.2 Å². The van der Waals surface area contributed by atoms with Gasteiger partial charge in [-0.2, -0.15) is 0 Å². The average molecular weight is 300 g/mol. The second-order valence-electron chi connectivity index (χ2n) is 5.00. The van der Waals surface area contributed by atoms with Crippen molar-refractivity contribution in [3.63, 3.8) is 0 Å². The Hall–Kier alpha value is -1.37. The van der Waals surface area contributed by atoms with Crippen LogP contribution in [-0.2, 0) is 34.1 Å². The van der Waals surface area contributed by atoms with Gasteiger partial charge in [0.15, 0.2) is 0 Å². The van der Waals surface area contributed by atoms with Crippen LogP contribution in [0, 0.1) is 0 Å². The Morgan fingerprint density at radius 1 is 1.35 bits per heavy atom. The minimum atomic E-state index is -3.47. The number of carbonyl (C=O) groups excluding carboxylic acids is 1. The van der Waals surface area contributed by atoms with Crippen LogP contribution in [0.4, 0.5) is 0 Å². The zero-order valence-electron chi connectivity index (χ0n) is 11.9. The third-order valence-corrected chi connectivity index (χ3v) is 5.51. The first-order valence-corrected chi connectivity index (χ1v) is 8.52. The van der Waals surface area contributed by atoms with E-state index in [1.54, 1.807) is 0 Å². The Bertz CT molecular complexity index is 592. The normalized spacial score (nSPS) is 14.9. The Balaban J connectivity index is 1.99. The van der Waals surface area contributed by atoms with E-state index in [1.807, 2.05) is 0 Å². The SMILES string of the molecule is CCS(=O)(=O)N(C)C(=O)CCc1noc2c1CCCC2. The second kappa shape index (κ2) is 5.95. The molecule has 1 aliphatic rings. The molecule has 0 atom stereocenters. The van der Waals surface area contributed by atoms with Crippen molar-refractivity contribution in [1.29, 1.82) is 0 Å². The molecule has 1 amide bonds. The van der Waals surface area contributed by atoms with Gasteiger partial charge in [-0.3, -0.25) is 4.79 Å². The number of carbonyl (C=O) groups is 1. The van der Waals surface area contributed by atoms with Gasteiger partial charge < -0.3 is 4.52 Å². The van der Waals surface area contributed by atoms with Crippen LogP contribution >= 0.6 is 0 Å². The Morgan fingerprint density at radius 3 is 2.75 bits per heavy atom. The molecule has 7 heteroatoms. The highest BCUT2D eigenvalue weighted by Crippen LogP contribution is 2.25. The lowest BCUT2D eigenvalue weighted by Gasteiger charge is -2.16. The lowest BCUT2D eigenvalue weighted by Crippen LogP contribution is -2.34. The van der Waals surface area contributed by atoms with Crippen molar-refractivity contribution >= 4 is 15.9 Å². The fourth-order valence-corrected chi connectivity index (χ4v) is 3.17. The number of hydrogen-bond donors (Lipinski definition) is 0. The van der Waals surface area contributed by atoms with Crippen LogP contribution in [-0.4, -0.2) is 36.6 Å². The maximum absolute atomic E-state index is 11.9. The number of fused-ring (bicyclic) bond motifs is 1. The van der Waals surface area contributed by atoms with Crippen LogP contribution < -0.4 is 0 Å². The molecule has 0 bridgehead atoms. The summed E-state index contributed by atoms with van der Waals surface area (Å²) >= 11 is 0. The molecule has 0 unspecified atom stereocenters. The van der Waals surface area contributed by atoms with Gasteiger partial charge in [0, 0.05) is 31.9 Å². The molecule has 0 fully saturated rings. The standard InChI is InChI=1S/C13H20N2O4S/c1-3-20(17,18)15(2)13(16)9-8-11-10-6-4-5-7-12(10)19-14-11/h3-9H2,1-2H3. The number of nitrogens with zero attached hydrogens (tertiary/aromatic N) is 2. The number of hydrogen-bond acceptors (Lipinski definition) is 5. The summed E-state index contributed by atoms with van der Waals surface area (Å²) in [5.41, 5.74) is 1.92. The minimum Gasteiger partial charge on any atom is -0.361 e. The zero-order valence-corrected chi connectivity index (χ0v) is 12.7. The molecule has 1 aliphatic carbocycles. The summed E-state index contributed by atoms with van der Waals surface area (Å²) in [7, 11) is -2.16. The van der Waals surface area contributed by atoms with Crippen LogP contribution in [0.3, 0.4) is 0 Å². The third kappa shape index (κ3) is 3.03. The maximum Gasteiger partial charge on any atom is 0.236 e. The number of rotatable bonds is 5. The van der Waals surface area contributed by atoms with Gasteiger partial charge in [-0.15, -0.1) is 0 Å². The lowest BCUT2D eigenvalue weighted by molar-refractivity contribution is -0.125. The number of sulfonamides is 1. The Kier molecular flexibility index (Phi) is 4.47. The van der Waals surface area contributed by atoms with Gasteiger partial charge in [0.05, 0.1) is 11.4 Å². The zero-order chi connectivity index (χ0) is 14.8. The first-order valence-electron chi connectivity index (χ1n) is 6.91. The molecule has 0 saturated carbocycles. The predicted octanol–water partition coefficient (Wildman–Crippen LogP) is 1.29. The highest BCUT2D eigenvalue weighted by atomic mass is 32.2. The quantitative estimate of drug-likeness (QED) is 0.818. The number of aromatic nitrogens is 1. The van der Waals surface area contributed by atoms with E-state index in [0.717, 1.165) is 47.0 Å². The van der Waals surface area contributed by atoms with Crippen molar-refractivity contribution in [1.82, 2.24) is 9.46 Å². The maximum atomic E-state index is 11.9. The molecule has 0 spiro atoms. The third-order valence-electron chi connectivity index (χ3n) is 3.74. The average Bonchev–Trinajstić information content (AvgIpc) is 2.87. The summed E-state index contributed by atoms with van der Waals surface area (Å²) in [6.07, 6.45) is 4.62. The monoisotopic (exact) mass is 300 g/mol. The molecule has 0 saturated heterocycles. The van der Waals surface area contributed by atoms with Crippen LogP contribution in [0.15, 0.2) is 4.52 Å². The van der Waals surface area contributed by atoms with Gasteiger partial charge in [-0.25, -0.2) is 12.7 Å². The molecular weight excluding hydrogens is 280 g/mol. The molecule has 112 valence electrons. The van der Waals surface area contributed by atoms with Crippen molar-refractivity contribution in [3.8, 4) is 0 Å². The van der Waals surface area contributed by atoms with Crippen molar-refractivity contribution in [2.45, 2.75) is 45.4 Å². The van der Waals surface area contributed by atoms with Crippen LogP contribution in [0.2, 0.25) is 0 Å². The van der Waals surface area contributed by atoms with E-state index in [1.165, 1.54) is 14.0 Å². The molecule has 0 aliphatic heterocycles. The number of aryl methyl sites for hydroxylation is 2. The molecule has 1 heterocycles. The molecular formula is C13H20N2O4S. The highest BCUT2D eigenvalue weighted by molar-refractivity contribution is 7.89. The van der Waals surface area contributed by atoms with Crippen LogP contribution in [0.25, 0.3) is 0 Å². The molecule has 6 nitrogen and oxygen atoms in total. The second-order valence-corrected chi connectivity index (χ2v) is 7.29. The molecule has 2 rings (SSSR count). The van der Waals surface area contributed by atoms with Crippen LogP contribution in [0.5, 0.6) is 0 Å². The van der Waals surface area contributed by atoms with Crippen molar-refractivity contribution < 1.29 is 17.7 Å². The predicted molar refractivity (Wildman–Crippen MR) is 73.7 cm³/mol. The summed E-state index contributed by atoms with van der Waals surface area (Å²) in [6.45, 7) is 1.52. The minimum absolute atomic E-state index is 0.0748. The highest BCUT2D eigenvalue weighted by Gasteiger charge is 2.23. The van der Waals surface area contributed by atoms with E-state index in [0.29, 0.717) is 6.42 Å². The summed E-state index contributed by atoms with van der Waals surface area (Å²) in [5, 5.41) is 4.02. The van der Waals surface area contributed by atoms with Crippen molar-refractivity contribution in [2.75, 3.05) is 12.8 Å². The van der Waals surface area contributed by atoms with Gasteiger partial charge in [-0.05, 0) is 26.2 Å². The molecule has 0 N–H and O–H groups in total. The summed E-state index contributed by atoms with van der Waals surface area (Å²) in [6, 6.07) is 0. The summed E-state index contributed by atoms with van der Waals surface area (Å²) in [5.74, 6) is 0.446. The summed E-state index contributed by atoms with van der Waals surface area (Å²) in [4.78, 5) is 11.9. The van der Waals surface area contributed by atoms with E-state index in [2.05, 4.69) is 5.16 Å². The van der Waals surface area contributed by atoms with Gasteiger partial charge in [0.1, 0.15) is 5.76 Å². The molecule has 20 heavy (non-hydrogen) atoms. The fourth-order valence-electron chi connectivity index (χ4n) is 2.38. The van der Waals surface area contributed by atoms with Gasteiger partial charge >= 0.3 is 0 Å². The fraction of sp³-hybridized carbons (Fsp3) is 0.692. The molecule has 1 aromatic rings. The first-order chi connectivity index (χ1) is 9.45. The van der Waals surface area contributed by atoms with E-state index < -0.39 is 15.9 Å². The Labute approximate surface area is 119 Å². The van der Waals surface area contributed by atoms with Gasteiger partial charge in [0.25, 0.3) is 0 Å². The lowest BCUT2D eigenvalue weighted by atomic mass is 9.95. The largest absolute Gasteiger partial charge is 0.361 e. The topological polar surface area (TPSA) is 80.5 Å². The van der Waals surface area contributed by atoms with E-state index in [-0.39, 0.29) is 12.2 Å². The molecule has 1 aromatic heterocycles. The molecule has 0 radical (unpaired) electrons. The van der Waals surface area contributed by atoms with Gasteiger partial charge in [-0.1, -0.05) is 5.16 Å². The molecule has 0 aromatic carbocycles. The van der Waals surface area contributed by atoms with Crippen molar-refractivity contribution in [3.05, 3.63) is 17.0 Å². The van der Waals surface area contributed by atoms with Crippen LogP contribution in [0.1, 0.15) is 43.2 Å². The first kappa shape index (κ1) is 15.0. The van der Waals surface area contributed by atoms with Gasteiger partial charge in [0.2, 0.25) is 15.9 Å². The Morgan fingerprint density at radius 2 is 2.05 bits per heavy atom. The van der Waals surface area contributed by atoms with E-state index in [4.69, 9.17) is 4.52 Å². The number of amides is 1. The summed E-state index contributed by atoms with van der Waals surface area (Å²) < 4.78 is 29.3.